The lowest BCUT2D eigenvalue weighted by Gasteiger charge is -2.05. The summed E-state index contributed by atoms with van der Waals surface area (Å²) in [7, 11) is 0. The highest BCUT2D eigenvalue weighted by Crippen LogP contribution is 2.29. The zero-order chi connectivity index (χ0) is 10.6. The first-order valence-electron chi connectivity index (χ1n) is 3.63. The summed E-state index contributed by atoms with van der Waals surface area (Å²) in [5, 5.41) is 0.408. The van der Waals surface area contributed by atoms with Crippen molar-refractivity contribution in [2.24, 2.45) is 0 Å². The summed E-state index contributed by atoms with van der Waals surface area (Å²) in [5.41, 5.74) is -0.784. The monoisotopic (exact) mass is 221 g/mol. The van der Waals surface area contributed by atoms with E-state index in [0.717, 1.165) is 24.0 Å². The number of carbonyl (C=O) groups is 1. The Morgan fingerprint density at radius 3 is 2.57 bits per heavy atom. The van der Waals surface area contributed by atoms with Gasteiger partial charge in [0.25, 0.3) is 0 Å². The van der Waals surface area contributed by atoms with Crippen molar-refractivity contribution >= 4 is 18.0 Å². The Morgan fingerprint density at radius 2 is 2.14 bits per heavy atom. The second-order valence-corrected chi connectivity index (χ2v) is 3.40. The van der Waals surface area contributed by atoms with Crippen molar-refractivity contribution in [1.29, 1.82) is 0 Å². The summed E-state index contributed by atoms with van der Waals surface area (Å²) < 4.78 is 36.2. The smallest absolute Gasteiger partial charge is 0.302 e. The van der Waals surface area contributed by atoms with Crippen LogP contribution < -0.4 is 0 Å². The number of hydrogen-bond acceptors (Lipinski definition) is 3. The number of aromatic nitrogens is 1. The summed E-state index contributed by atoms with van der Waals surface area (Å²) in [6.07, 6.45) is -2.93. The van der Waals surface area contributed by atoms with Crippen molar-refractivity contribution in [1.82, 2.24) is 4.98 Å². The molecule has 0 saturated carbocycles. The molecule has 1 aromatic rings. The van der Waals surface area contributed by atoms with Gasteiger partial charge < -0.3 is 4.79 Å². The molecule has 76 valence electrons. The van der Waals surface area contributed by atoms with Crippen molar-refractivity contribution in [2.45, 2.75) is 11.2 Å². The first kappa shape index (κ1) is 11.0. The lowest BCUT2D eigenvalue weighted by Crippen LogP contribution is -2.05. The molecule has 1 heterocycles. The van der Waals surface area contributed by atoms with Gasteiger partial charge in [-0.25, -0.2) is 4.98 Å². The van der Waals surface area contributed by atoms with Crippen LogP contribution in [0.2, 0.25) is 0 Å². The van der Waals surface area contributed by atoms with Gasteiger partial charge in [0.2, 0.25) is 0 Å². The van der Waals surface area contributed by atoms with Crippen LogP contribution >= 0.6 is 11.8 Å². The minimum absolute atomic E-state index is 0.193. The maximum absolute atomic E-state index is 12.1. The van der Waals surface area contributed by atoms with Gasteiger partial charge in [0, 0.05) is 6.20 Å². The molecule has 0 atom stereocenters. The average Bonchev–Trinajstić information content (AvgIpc) is 2.14. The number of rotatable bonds is 3. The van der Waals surface area contributed by atoms with E-state index in [1.54, 1.807) is 0 Å². The van der Waals surface area contributed by atoms with Gasteiger partial charge in [-0.1, -0.05) is 11.8 Å². The highest BCUT2D eigenvalue weighted by molar-refractivity contribution is 7.99. The molecule has 0 unspecified atom stereocenters. The molecule has 0 aliphatic rings. The van der Waals surface area contributed by atoms with E-state index in [1.165, 1.54) is 6.07 Å². The van der Waals surface area contributed by atoms with Crippen LogP contribution in [0.5, 0.6) is 0 Å². The van der Waals surface area contributed by atoms with Crippen LogP contribution in [-0.4, -0.2) is 17.0 Å². The zero-order valence-electron chi connectivity index (χ0n) is 6.91. The van der Waals surface area contributed by atoms with Gasteiger partial charge in [0.05, 0.1) is 16.3 Å². The number of alkyl halides is 3. The molecule has 0 saturated heterocycles. The number of carbonyl (C=O) groups excluding carboxylic acids is 1. The van der Waals surface area contributed by atoms with E-state index in [4.69, 9.17) is 0 Å². The fraction of sp³-hybridized carbons (Fsp3) is 0.250. The molecule has 2 nitrogen and oxygen atoms in total. The summed E-state index contributed by atoms with van der Waals surface area (Å²) in [6.45, 7) is 0. The predicted octanol–water partition coefficient (Wildman–Crippen LogP) is 2.39. The van der Waals surface area contributed by atoms with E-state index < -0.39 is 11.7 Å². The average molecular weight is 221 g/mol. The number of pyridine rings is 1. The molecule has 6 heteroatoms. The Bertz CT molecular complexity index is 309. The Hall–Kier alpha value is -1.04. The second kappa shape index (κ2) is 4.45. The van der Waals surface area contributed by atoms with Crippen molar-refractivity contribution in [2.75, 3.05) is 5.75 Å². The molecule has 0 radical (unpaired) electrons. The van der Waals surface area contributed by atoms with Crippen LogP contribution in [0.15, 0.2) is 23.4 Å². The third kappa shape index (κ3) is 3.02. The summed E-state index contributed by atoms with van der Waals surface area (Å²) in [5.74, 6) is 0.193. The second-order valence-electron chi connectivity index (χ2n) is 2.36. The lowest BCUT2D eigenvalue weighted by atomic mass is 10.3. The summed E-state index contributed by atoms with van der Waals surface area (Å²) in [4.78, 5) is 13.5. The molecule has 0 amide bonds. The standard InChI is InChI=1S/C8H6F3NOS/c9-8(10,11)6-1-2-7(12-5-6)14-4-3-13/h1-3,5H,4H2. The summed E-state index contributed by atoms with van der Waals surface area (Å²) in [6, 6.07) is 2.19. The molecule has 1 aromatic heterocycles. The van der Waals surface area contributed by atoms with Crippen LogP contribution in [0.4, 0.5) is 13.2 Å². The van der Waals surface area contributed by atoms with E-state index in [1.807, 2.05) is 0 Å². The van der Waals surface area contributed by atoms with Crippen molar-refractivity contribution in [3.05, 3.63) is 23.9 Å². The SMILES string of the molecule is O=CCSc1ccc(C(F)(F)F)cn1. The number of halogens is 3. The molecule has 0 aromatic carbocycles. The number of aldehydes is 1. The van der Waals surface area contributed by atoms with Crippen LogP contribution in [0.25, 0.3) is 0 Å². The van der Waals surface area contributed by atoms with Crippen LogP contribution in [0.1, 0.15) is 5.56 Å². The summed E-state index contributed by atoms with van der Waals surface area (Å²) >= 11 is 1.09. The van der Waals surface area contributed by atoms with E-state index in [0.29, 0.717) is 11.3 Å². The highest BCUT2D eigenvalue weighted by Gasteiger charge is 2.30. The number of thioether (sulfide) groups is 1. The fourth-order valence-electron chi connectivity index (χ4n) is 0.753. The molecule has 14 heavy (non-hydrogen) atoms. The molecule has 0 N–H and O–H groups in total. The van der Waals surface area contributed by atoms with Gasteiger partial charge in [-0.3, -0.25) is 0 Å². The third-order valence-corrected chi connectivity index (χ3v) is 2.20. The van der Waals surface area contributed by atoms with E-state index in [-0.39, 0.29) is 5.75 Å². The van der Waals surface area contributed by atoms with Crippen molar-refractivity contribution in [3.8, 4) is 0 Å². The highest BCUT2D eigenvalue weighted by atomic mass is 32.2. The van der Waals surface area contributed by atoms with Gasteiger partial charge in [0.1, 0.15) is 6.29 Å². The normalized spacial score (nSPS) is 11.4. The maximum atomic E-state index is 12.1. The largest absolute Gasteiger partial charge is 0.417 e. The molecular weight excluding hydrogens is 215 g/mol. The van der Waals surface area contributed by atoms with Crippen LogP contribution in [0.3, 0.4) is 0 Å². The molecule has 0 spiro atoms. The van der Waals surface area contributed by atoms with Crippen molar-refractivity contribution < 1.29 is 18.0 Å². The molecule has 1 rings (SSSR count). The Morgan fingerprint density at radius 1 is 1.43 bits per heavy atom. The van der Waals surface area contributed by atoms with Gasteiger partial charge in [-0.2, -0.15) is 13.2 Å². The minimum Gasteiger partial charge on any atom is -0.302 e. The van der Waals surface area contributed by atoms with E-state index in [2.05, 4.69) is 4.98 Å². The molecule has 0 bridgehead atoms. The maximum Gasteiger partial charge on any atom is 0.417 e. The first-order valence-corrected chi connectivity index (χ1v) is 4.62. The molecule has 0 aliphatic heterocycles. The first-order chi connectivity index (χ1) is 6.54. The molecule has 0 fully saturated rings. The topological polar surface area (TPSA) is 30.0 Å². The third-order valence-electron chi connectivity index (χ3n) is 1.36. The number of nitrogens with zero attached hydrogens (tertiary/aromatic N) is 1. The quantitative estimate of drug-likeness (QED) is 0.580. The van der Waals surface area contributed by atoms with Crippen molar-refractivity contribution in [3.63, 3.8) is 0 Å². The van der Waals surface area contributed by atoms with Gasteiger partial charge in [-0.05, 0) is 12.1 Å². The zero-order valence-corrected chi connectivity index (χ0v) is 7.73. The Balaban J connectivity index is 2.73. The van der Waals surface area contributed by atoms with Crippen LogP contribution in [0, 0.1) is 0 Å². The van der Waals surface area contributed by atoms with Gasteiger partial charge in [-0.15, -0.1) is 0 Å². The fourth-order valence-corrected chi connectivity index (χ4v) is 1.28. The van der Waals surface area contributed by atoms with Gasteiger partial charge >= 0.3 is 6.18 Å². The lowest BCUT2D eigenvalue weighted by molar-refractivity contribution is -0.137. The van der Waals surface area contributed by atoms with Gasteiger partial charge in [0.15, 0.2) is 0 Å². The van der Waals surface area contributed by atoms with Crippen LogP contribution in [-0.2, 0) is 11.0 Å². The Labute approximate surface area is 82.5 Å². The van der Waals surface area contributed by atoms with E-state index >= 15 is 0 Å². The molecular formula is C8H6F3NOS. The predicted molar refractivity (Wildman–Crippen MR) is 46.0 cm³/mol. The Kier molecular flexibility index (Phi) is 3.51. The van der Waals surface area contributed by atoms with E-state index in [9.17, 15) is 18.0 Å². The molecule has 0 aliphatic carbocycles. The minimum atomic E-state index is -4.36. The number of hydrogen-bond donors (Lipinski definition) is 0.